The first-order valence-corrected chi connectivity index (χ1v) is 6.84. The van der Waals surface area contributed by atoms with Crippen molar-refractivity contribution in [2.24, 2.45) is 0 Å². The van der Waals surface area contributed by atoms with E-state index in [0.717, 1.165) is 11.3 Å². The van der Waals surface area contributed by atoms with Gasteiger partial charge in [0.2, 0.25) is 0 Å². The van der Waals surface area contributed by atoms with Gasteiger partial charge in [0.25, 0.3) is 5.19 Å². The Morgan fingerprint density at radius 3 is 2.72 bits per heavy atom. The van der Waals surface area contributed by atoms with Crippen LogP contribution >= 0.6 is 22.9 Å². The molecule has 0 spiro atoms. The number of aliphatic hydroxyl groups excluding tert-OH is 1. The van der Waals surface area contributed by atoms with Crippen molar-refractivity contribution in [3.63, 3.8) is 0 Å². The third kappa shape index (κ3) is 2.83. The number of benzene rings is 1. The summed E-state index contributed by atoms with van der Waals surface area (Å²) in [5.74, 6) is 1.15. The number of aromatic nitrogens is 1. The molecule has 0 atom stereocenters. The SMILES string of the molecule is CC(C)c1ccccc1Oc1nc(Cl)c(CO)s1. The van der Waals surface area contributed by atoms with Gasteiger partial charge in [-0.15, -0.1) is 0 Å². The van der Waals surface area contributed by atoms with Crippen molar-refractivity contribution in [2.45, 2.75) is 26.4 Å². The zero-order valence-electron chi connectivity index (χ0n) is 10.2. The number of rotatable bonds is 4. The average molecular weight is 284 g/mol. The minimum absolute atomic E-state index is 0.119. The van der Waals surface area contributed by atoms with Crippen LogP contribution in [0.5, 0.6) is 10.9 Å². The Balaban J connectivity index is 2.28. The molecule has 0 saturated heterocycles. The molecule has 96 valence electrons. The Hall–Kier alpha value is -1.10. The lowest BCUT2D eigenvalue weighted by Gasteiger charge is -2.11. The summed E-state index contributed by atoms with van der Waals surface area (Å²) in [6.45, 7) is 4.10. The number of hydrogen-bond donors (Lipinski definition) is 1. The number of nitrogens with zero attached hydrogens (tertiary/aromatic N) is 1. The highest BCUT2D eigenvalue weighted by atomic mass is 35.5. The van der Waals surface area contributed by atoms with E-state index < -0.39 is 0 Å². The zero-order valence-corrected chi connectivity index (χ0v) is 11.8. The van der Waals surface area contributed by atoms with E-state index in [4.69, 9.17) is 21.4 Å². The summed E-state index contributed by atoms with van der Waals surface area (Å²) in [6, 6.07) is 7.84. The molecular formula is C13H14ClNO2S. The number of ether oxygens (including phenoxy) is 1. The number of hydrogen-bond acceptors (Lipinski definition) is 4. The Morgan fingerprint density at radius 1 is 1.39 bits per heavy atom. The second-order valence-electron chi connectivity index (χ2n) is 4.15. The van der Waals surface area contributed by atoms with Crippen LogP contribution in [0.2, 0.25) is 5.15 Å². The van der Waals surface area contributed by atoms with Crippen molar-refractivity contribution in [1.29, 1.82) is 0 Å². The molecular weight excluding hydrogens is 270 g/mol. The normalized spacial score (nSPS) is 10.9. The van der Waals surface area contributed by atoms with Crippen LogP contribution in [0.3, 0.4) is 0 Å². The number of para-hydroxylation sites is 1. The van der Waals surface area contributed by atoms with Gasteiger partial charge in [0.15, 0.2) is 0 Å². The highest BCUT2D eigenvalue weighted by Gasteiger charge is 2.13. The molecule has 1 heterocycles. The third-order valence-electron chi connectivity index (χ3n) is 2.51. The molecule has 0 bridgehead atoms. The Kier molecular flexibility index (Phi) is 4.22. The second-order valence-corrected chi connectivity index (χ2v) is 5.55. The molecule has 0 aliphatic rings. The van der Waals surface area contributed by atoms with Gasteiger partial charge in [-0.3, -0.25) is 0 Å². The standard InChI is InChI=1S/C13H14ClNO2S/c1-8(2)9-5-3-4-6-10(9)17-13-15-12(14)11(7-16)18-13/h3-6,8,16H,7H2,1-2H3. The lowest BCUT2D eigenvalue weighted by molar-refractivity contribution is 0.285. The molecule has 0 aliphatic carbocycles. The first-order valence-electron chi connectivity index (χ1n) is 5.64. The van der Waals surface area contributed by atoms with E-state index >= 15 is 0 Å². The molecule has 2 aromatic rings. The van der Waals surface area contributed by atoms with Gasteiger partial charge >= 0.3 is 0 Å². The van der Waals surface area contributed by atoms with Crippen LogP contribution in [-0.4, -0.2) is 10.1 Å². The predicted octanol–water partition coefficient (Wildman–Crippen LogP) is 4.20. The van der Waals surface area contributed by atoms with Crippen molar-refractivity contribution in [2.75, 3.05) is 0 Å². The molecule has 0 radical (unpaired) electrons. The van der Waals surface area contributed by atoms with Crippen molar-refractivity contribution in [1.82, 2.24) is 4.98 Å². The van der Waals surface area contributed by atoms with Crippen LogP contribution in [0, 0.1) is 0 Å². The maximum absolute atomic E-state index is 9.07. The Bertz CT molecular complexity index is 540. The largest absolute Gasteiger partial charge is 0.431 e. The van der Waals surface area contributed by atoms with Crippen LogP contribution < -0.4 is 4.74 Å². The van der Waals surface area contributed by atoms with Gasteiger partial charge in [0.05, 0.1) is 11.5 Å². The smallest absolute Gasteiger partial charge is 0.280 e. The molecule has 1 aromatic carbocycles. The molecule has 5 heteroatoms. The number of halogens is 1. The highest BCUT2D eigenvalue weighted by molar-refractivity contribution is 7.13. The molecule has 1 N–H and O–H groups in total. The lowest BCUT2D eigenvalue weighted by atomic mass is 10.0. The van der Waals surface area contributed by atoms with Gasteiger partial charge in [0, 0.05) is 0 Å². The van der Waals surface area contributed by atoms with E-state index in [0.29, 0.717) is 21.1 Å². The fourth-order valence-corrected chi connectivity index (χ4v) is 2.57. The van der Waals surface area contributed by atoms with Gasteiger partial charge in [-0.05, 0) is 17.5 Å². The van der Waals surface area contributed by atoms with Crippen LogP contribution in [0.25, 0.3) is 0 Å². The molecule has 0 saturated carbocycles. The lowest BCUT2D eigenvalue weighted by Crippen LogP contribution is -1.93. The van der Waals surface area contributed by atoms with E-state index in [9.17, 15) is 0 Å². The first-order chi connectivity index (χ1) is 8.61. The van der Waals surface area contributed by atoms with Crippen LogP contribution in [-0.2, 0) is 6.61 Å². The second kappa shape index (κ2) is 5.69. The van der Waals surface area contributed by atoms with Crippen LogP contribution in [0.1, 0.15) is 30.2 Å². The van der Waals surface area contributed by atoms with E-state index in [2.05, 4.69) is 18.8 Å². The summed E-state index contributed by atoms with van der Waals surface area (Å²) >= 11 is 7.13. The Morgan fingerprint density at radius 2 is 2.11 bits per heavy atom. The maximum atomic E-state index is 9.07. The molecule has 0 fully saturated rings. The summed E-state index contributed by atoms with van der Waals surface area (Å²) in [7, 11) is 0. The summed E-state index contributed by atoms with van der Waals surface area (Å²) in [6.07, 6.45) is 0. The summed E-state index contributed by atoms with van der Waals surface area (Å²) in [5.41, 5.74) is 1.12. The molecule has 1 aromatic heterocycles. The maximum Gasteiger partial charge on any atom is 0.280 e. The summed E-state index contributed by atoms with van der Waals surface area (Å²) in [4.78, 5) is 4.70. The average Bonchev–Trinajstić information content (AvgIpc) is 2.70. The first kappa shape index (κ1) is 13.3. The predicted molar refractivity (Wildman–Crippen MR) is 73.7 cm³/mol. The van der Waals surface area contributed by atoms with Crippen LogP contribution in [0.15, 0.2) is 24.3 Å². The van der Waals surface area contributed by atoms with Crippen molar-refractivity contribution in [3.8, 4) is 10.9 Å². The molecule has 3 nitrogen and oxygen atoms in total. The minimum atomic E-state index is -0.119. The topological polar surface area (TPSA) is 42.4 Å². The van der Waals surface area contributed by atoms with Gasteiger partial charge in [0.1, 0.15) is 10.9 Å². The number of thiazole rings is 1. The van der Waals surface area contributed by atoms with Crippen molar-refractivity contribution in [3.05, 3.63) is 39.9 Å². The number of aliphatic hydroxyl groups is 1. The molecule has 0 amide bonds. The third-order valence-corrected chi connectivity index (χ3v) is 3.85. The monoisotopic (exact) mass is 283 g/mol. The summed E-state index contributed by atoms with van der Waals surface area (Å²) in [5, 5.41) is 9.83. The molecule has 2 rings (SSSR count). The van der Waals surface area contributed by atoms with Crippen molar-refractivity contribution >= 4 is 22.9 Å². The fraction of sp³-hybridized carbons (Fsp3) is 0.308. The van der Waals surface area contributed by atoms with Gasteiger partial charge < -0.3 is 9.84 Å². The van der Waals surface area contributed by atoms with Crippen LogP contribution in [0.4, 0.5) is 0 Å². The van der Waals surface area contributed by atoms with E-state index in [1.165, 1.54) is 11.3 Å². The van der Waals surface area contributed by atoms with E-state index in [1.807, 2.05) is 24.3 Å². The van der Waals surface area contributed by atoms with Gasteiger partial charge in [-0.2, -0.15) is 4.98 Å². The van der Waals surface area contributed by atoms with E-state index in [-0.39, 0.29) is 6.61 Å². The quantitative estimate of drug-likeness (QED) is 0.914. The van der Waals surface area contributed by atoms with Gasteiger partial charge in [-0.1, -0.05) is 55.0 Å². The van der Waals surface area contributed by atoms with E-state index in [1.54, 1.807) is 0 Å². The fourth-order valence-electron chi connectivity index (χ4n) is 1.60. The molecule has 18 heavy (non-hydrogen) atoms. The summed E-state index contributed by atoms with van der Waals surface area (Å²) < 4.78 is 5.75. The minimum Gasteiger partial charge on any atom is -0.431 e. The highest BCUT2D eigenvalue weighted by Crippen LogP contribution is 2.35. The van der Waals surface area contributed by atoms with Crippen molar-refractivity contribution < 1.29 is 9.84 Å². The Labute approximate surface area is 115 Å². The zero-order chi connectivity index (χ0) is 13.1. The molecule has 0 aliphatic heterocycles. The van der Waals surface area contributed by atoms with Gasteiger partial charge in [-0.25, -0.2) is 0 Å². The molecule has 0 unspecified atom stereocenters.